The lowest BCUT2D eigenvalue weighted by Crippen LogP contribution is -2.47. The van der Waals surface area contributed by atoms with Gasteiger partial charge in [0.2, 0.25) is 0 Å². The maximum Gasteiger partial charge on any atom is 0.305 e. The van der Waals surface area contributed by atoms with E-state index in [0.717, 1.165) is 0 Å². The third kappa shape index (κ3) is 3.78. The number of carboxylic acids is 1. The van der Waals surface area contributed by atoms with Crippen LogP contribution in [0.3, 0.4) is 0 Å². The Labute approximate surface area is 128 Å². The third-order valence-corrected chi connectivity index (χ3v) is 4.84. The predicted octanol–water partition coefficient (Wildman–Crippen LogP) is 4.10. The van der Waals surface area contributed by atoms with Crippen LogP contribution >= 0.6 is 0 Å². The minimum atomic E-state index is -0.718. The Kier molecular flexibility index (Phi) is 5.27. The normalized spacial score (nSPS) is 25.6. The van der Waals surface area contributed by atoms with Crippen LogP contribution in [0.5, 0.6) is 0 Å². The average molecular weight is 289 g/mol. The lowest BCUT2D eigenvalue weighted by molar-refractivity contribution is -0.136. The van der Waals surface area contributed by atoms with Gasteiger partial charge in [0.05, 0.1) is 6.42 Å². The number of benzene rings is 1. The van der Waals surface area contributed by atoms with E-state index in [0.29, 0.717) is 24.4 Å². The van der Waals surface area contributed by atoms with Gasteiger partial charge in [-0.25, -0.2) is 0 Å². The molecular weight excluding hydrogens is 262 g/mol. The number of hydrogen-bond donors (Lipinski definition) is 1. The van der Waals surface area contributed by atoms with Crippen molar-refractivity contribution < 1.29 is 9.90 Å². The molecule has 1 aliphatic rings. The number of carbonyl (C=O) groups is 1. The summed E-state index contributed by atoms with van der Waals surface area (Å²) in [6, 6.07) is 8.78. The van der Waals surface area contributed by atoms with Crippen molar-refractivity contribution in [3.63, 3.8) is 0 Å². The maximum atomic E-state index is 11.0. The van der Waals surface area contributed by atoms with Gasteiger partial charge in [-0.1, -0.05) is 38.5 Å². The quantitative estimate of drug-likeness (QED) is 0.887. The highest BCUT2D eigenvalue weighted by Crippen LogP contribution is 2.36. The van der Waals surface area contributed by atoms with Crippen molar-refractivity contribution in [2.45, 2.75) is 52.5 Å². The first kappa shape index (κ1) is 15.9. The molecule has 0 heterocycles. The van der Waals surface area contributed by atoms with Gasteiger partial charge in [-0.05, 0) is 43.2 Å². The summed E-state index contributed by atoms with van der Waals surface area (Å²) in [6.07, 6.45) is 3.97. The second-order valence-electron chi connectivity index (χ2n) is 6.50. The fourth-order valence-electron chi connectivity index (χ4n) is 3.81. The van der Waals surface area contributed by atoms with E-state index in [1.165, 1.54) is 30.5 Å². The molecule has 1 fully saturated rings. The van der Waals surface area contributed by atoms with Crippen LogP contribution in [0.15, 0.2) is 24.3 Å². The van der Waals surface area contributed by atoms with Gasteiger partial charge in [-0.15, -0.1) is 0 Å². The molecule has 0 saturated heterocycles. The van der Waals surface area contributed by atoms with Gasteiger partial charge in [-0.3, -0.25) is 4.79 Å². The van der Waals surface area contributed by atoms with Crippen LogP contribution in [0.4, 0.5) is 5.69 Å². The zero-order valence-electron chi connectivity index (χ0n) is 13.4. The molecule has 1 saturated carbocycles. The minimum Gasteiger partial charge on any atom is -0.481 e. The van der Waals surface area contributed by atoms with Crippen LogP contribution in [-0.4, -0.2) is 23.7 Å². The molecule has 3 nitrogen and oxygen atoms in total. The standard InChI is InChI=1S/C18H27NO2/c1-13-7-4-5-10-16(13)19(12-11-17(20)21)18-14(2)8-6-9-15(18)3/h4-5,7,10,14-15,18H,6,8-9,11-12H2,1-3H3,(H,20,21). The minimum absolute atomic E-state index is 0.199. The van der Waals surface area contributed by atoms with E-state index in [9.17, 15) is 4.79 Å². The van der Waals surface area contributed by atoms with E-state index in [2.05, 4.69) is 37.8 Å². The average Bonchev–Trinajstić information content (AvgIpc) is 2.43. The Hall–Kier alpha value is -1.51. The summed E-state index contributed by atoms with van der Waals surface area (Å²) < 4.78 is 0. The van der Waals surface area contributed by atoms with Crippen molar-refractivity contribution in [3.05, 3.63) is 29.8 Å². The lowest BCUT2D eigenvalue weighted by Gasteiger charge is -2.44. The number of anilines is 1. The van der Waals surface area contributed by atoms with Crippen LogP contribution < -0.4 is 4.90 Å². The van der Waals surface area contributed by atoms with E-state index >= 15 is 0 Å². The van der Waals surface area contributed by atoms with Crippen molar-refractivity contribution in [3.8, 4) is 0 Å². The van der Waals surface area contributed by atoms with Crippen molar-refractivity contribution in [2.75, 3.05) is 11.4 Å². The van der Waals surface area contributed by atoms with Crippen LogP contribution in [-0.2, 0) is 4.79 Å². The summed E-state index contributed by atoms with van der Waals surface area (Å²) in [5.74, 6) is 0.508. The number of rotatable bonds is 5. The summed E-state index contributed by atoms with van der Waals surface area (Å²) >= 11 is 0. The predicted molar refractivity (Wildman–Crippen MR) is 86.7 cm³/mol. The fraction of sp³-hybridized carbons (Fsp3) is 0.611. The van der Waals surface area contributed by atoms with Gasteiger partial charge in [-0.2, -0.15) is 0 Å². The number of aliphatic carboxylic acids is 1. The maximum absolute atomic E-state index is 11.0. The molecule has 2 atom stereocenters. The zero-order chi connectivity index (χ0) is 15.4. The molecule has 0 radical (unpaired) electrons. The Bertz CT molecular complexity index is 476. The number of aryl methyl sites for hydroxylation is 1. The van der Waals surface area contributed by atoms with Crippen LogP contribution in [0.1, 0.15) is 45.1 Å². The molecule has 116 valence electrons. The lowest BCUT2D eigenvalue weighted by atomic mass is 9.77. The molecule has 21 heavy (non-hydrogen) atoms. The van der Waals surface area contributed by atoms with Gasteiger partial charge >= 0.3 is 5.97 Å². The van der Waals surface area contributed by atoms with Crippen molar-refractivity contribution in [1.82, 2.24) is 0 Å². The largest absolute Gasteiger partial charge is 0.481 e. The Morgan fingerprint density at radius 3 is 2.43 bits per heavy atom. The number of hydrogen-bond acceptors (Lipinski definition) is 2. The Morgan fingerprint density at radius 2 is 1.86 bits per heavy atom. The van der Waals surface area contributed by atoms with Gasteiger partial charge in [0.1, 0.15) is 0 Å². The molecule has 2 unspecified atom stereocenters. The van der Waals surface area contributed by atoms with E-state index in [4.69, 9.17) is 5.11 Å². The van der Waals surface area contributed by atoms with Gasteiger partial charge in [0, 0.05) is 18.3 Å². The second kappa shape index (κ2) is 6.97. The van der Waals surface area contributed by atoms with Gasteiger partial charge in [0.25, 0.3) is 0 Å². The zero-order valence-corrected chi connectivity index (χ0v) is 13.4. The van der Waals surface area contributed by atoms with E-state index in [1.807, 2.05) is 12.1 Å². The van der Waals surface area contributed by atoms with Gasteiger partial charge in [0.15, 0.2) is 0 Å². The van der Waals surface area contributed by atoms with E-state index in [-0.39, 0.29) is 6.42 Å². The Morgan fingerprint density at radius 1 is 1.24 bits per heavy atom. The van der Waals surface area contributed by atoms with Crippen LogP contribution in [0.25, 0.3) is 0 Å². The first-order valence-electron chi connectivity index (χ1n) is 8.04. The van der Waals surface area contributed by atoms with Gasteiger partial charge < -0.3 is 10.0 Å². The van der Waals surface area contributed by atoms with Crippen molar-refractivity contribution >= 4 is 11.7 Å². The van der Waals surface area contributed by atoms with Crippen molar-refractivity contribution in [1.29, 1.82) is 0 Å². The van der Waals surface area contributed by atoms with E-state index < -0.39 is 5.97 Å². The third-order valence-electron chi connectivity index (χ3n) is 4.84. The highest BCUT2D eigenvalue weighted by molar-refractivity contribution is 5.68. The molecular formula is C18H27NO2. The summed E-state index contributed by atoms with van der Waals surface area (Å²) in [5, 5.41) is 9.08. The molecule has 3 heteroatoms. The van der Waals surface area contributed by atoms with Crippen molar-refractivity contribution in [2.24, 2.45) is 11.8 Å². The monoisotopic (exact) mass is 289 g/mol. The molecule has 0 bridgehead atoms. The topological polar surface area (TPSA) is 40.5 Å². The summed E-state index contributed by atoms with van der Waals surface area (Å²) in [5.41, 5.74) is 2.43. The summed E-state index contributed by atoms with van der Waals surface area (Å²) in [4.78, 5) is 13.4. The molecule has 0 aliphatic heterocycles. The SMILES string of the molecule is Cc1ccccc1N(CCC(=O)O)C1C(C)CCCC1C. The highest BCUT2D eigenvalue weighted by Gasteiger charge is 2.33. The van der Waals surface area contributed by atoms with Crippen LogP contribution in [0.2, 0.25) is 0 Å². The molecule has 0 aromatic heterocycles. The summed E-state index contributed by atoms with van der Waals surface area (Å²) in [7, 11) is 0. The molecule has 1 N–H and O–H groups in total. The number of nitrogens with zero attached hydrogens (tertiary/aromatic N) is 1. The molecule has 1 aromatic carbocycles. The Balaban J connectivity index is 2.31. The molecule has 1 aliphatic carbocycles. The van der Waals surface area contributed by atoms with E-state index in [1.54, 1.807) is 0 Å². The molecule has 0 spiro atoms. The number of carboxylic acid groups (broad SMARTS) is 1. The smallest absolute Gasteiger partial charge is 0.305 e. The first-order chi connectivity index (χ1) is 10.0. The first-order valence-corrected chi connectivity index (χ1v) is 8.04. The fourth-order valence-corrected chi connectivity index (χ4v) is 3.81. The van der Waals surface area contributed by atoms with Crippen LogP contribution in [0, 0.1) is 18.8 Å². The highest BCUT2D eigenvalue weighted by atomic mass is 16.4. The molecule has 1 aromatic rings. The number of para-hydroxylation sites is 1. The molecule has 2 rings (SSSR count). The molecule has 0 amide bonds. The summed E-state index contributed by atoms with van der Waals surface area (Å²) in [6.45, 7) is 7.33. The second-order valence-corrected chi connectivity index (χ2v) is 6.50.